The van der Waals surface area contributed by atoms with Gasteiger partial charge in [0.1, 0.15) is 11.4 Å². The zero-order chi connectivity index (χ0) is 29.0. The Labute approximate surface area is 224 Å². The molecule has 0 unspecified atom stereocenters. The Morgan fingerprint density at radius 3 is 2.28 bits per heavy atom. The highest BCUT2D eigenvalue weighted by Crippen LogP contribution is 2.38. The van der Waals surface area contributed by atoms with Gasteiger partial charge in [-0.3, -0.25) is 9.59 Å². The van der Waals surface area contributed by atoms with E-state index < -0.39 is 59.7 Å². The highest BCUT2D eigenvalue weighted by atomic mass is 19.4. The first-order valence-electron chi connectivity index (χ1n) is 12.2. The summed E-state index contributed by atoms with van der Waals surface area (Å²) in [6.07, 6.45) is -3.90. The van der Waals surface area contributed by atoms with Crippen LogP contribution in [0.2, 0.25) is 0 Å². The van der Waals surface area contributed by atoms with Crippen LogP contribution in [0.3, 0.4) is 0 Å². The Morgan fingerprint density at radius 2 is 1.74 bits per heavy atom. The van der Waals surface area contributed by atoms with Crippen LogP contribution in [0.4, 0.5) is 13.2 Å². The van der Waals surface area contributed by atoms with Crippen molar-refractivity contribution in [1.29, 1.82) is 0 Å². The normalized spacial score (nSPS) is 17.9. The number of nitrogens with two attached hydrogens (primary N) is 1. The number of hydrogen-bond donors (Lipinski definition) is 2. The molecule has 2 aromatic rings. The molecule has 1 saturated heterocycles. The number of benzene rings is 1. The molecule has 3 N–H and O–H groups in total. The third kappa shape index (κ3) is 7.25. The molecule has 212 valence electrons. The fraction of sp³-hybridized carbons (Fsp3) is 0.520. The number of para-hydroxylation sites is 1. The molecule has 39 heavy (non-hydrogen) atoms. The molecular weight excluding hydrogens is 520 g/mol. The number of carbonyl (C=O) groups is 2. The zero-order valence-corrected chi connectivity index (χ0v) is 22.4. The Bertz CT molecular complexity index is 1150. The second-order valence-electron chi connectivity index (χ2n) is 10.1. The lowest BCUT2D eigenvalue weighted by Gasteiger charge is -2.32. The zero-order valence-electron chi connectivity index (χ0n) is 22.4. The number of halogens is 3. The second-order valence-corrected chi connectivity index (χ2v) is 10.1. The van der Waals surface area contributed by atoms with Crippen molar-refractivity contribution >= 4 is 18.9 Å². The first-order valence-corrected chi connectivity index (χ1v) is 12.2. The maximum Gasteiger partial charge on any atom is 0.481 e. The summed E-state index contributed by atoms with van der Waals surface area (Å²) < 4.78 is 62.7. The predicted octanol–water partition coefficient (Wildman–Crippen LogP) is 2.91. The van der Waals surface area contributed by atoms with Gasteiger partial charge in [-0.15, -0.1) is 0 Å². The van der Waals surface area contributed by atoms with Gasteiger partial charge in [-0.1, -0.05) is 18.2 Å². The van der Waals surface area contributed by atoms with E-state index in [1.54, 1.807) is 12.1 Å². The van der Waals surface area contributed by atoms with E-state index in [9.17, 15) is 22.8 Å². The minimum Gasteiger partial charge on any atom is -0.494 e. The maximum atomic E-state index is 13.5. The number of nitrogens with zero attached hydrogens (tertiary/aromatic N) is 2. The van der Waals surface area contributed by atoms with Crippen LogP contribution in [0.15, 0.2) is 36.5 Å². The molecule has 0 bridgehead atoms. The van der Waals surface area contributed by atoms with Crippen molar-refractivity contribution in [2.45, 2.75) is 63.4 Å². The van der Waals surface area contributed by atoms with Crippen molar-refractivity contribution in [3.8, 4) is 5.75 Å². The van der Waals surface area contributed by atoms with Gasteiger partial charge in [-0.05, 0) is 39.8 Å². The lowest BCUT2D eigenvalue weighted by molar-refractivity contribution is -0.145. The van der Waals surface area contributed by atoms with Crippen LogP contribution >= 0.6 is 0 Å². The topological polar surface area (TPSA) is 135 Å². The average molecular weight is 552 g/mol. The molecule has 0 saturated carbocycles. The van der Waals surface area contributed by atoms with Crippen LogP contribution in [-0.4, -0.2) is 66.4 Å². The highest BCUT2D eigenvalue weighted by molar-refractivity contribution is 6.48. The van der Waals surface area contributed by atoms with Crippen molar-refractivity contribution in [1.82, 2.24) is 15.3 Å². The van der Waals surface area contributed by atoms with Gasteiger partial charge in [0, 0.05) is 25.3 Å². The molecule has 3 rings (SSSR count). The molecule has 1 aliphatic rings. The molecule has 1 fully saturated rings. The summed E-state index contributed by atoms with van der Waals surface area (Å²) in [6.45, 7) is 7.33. The van der Waals surface area contributed by atoms with E-state index in [0.29, 0.717) is 5.75 Å². The minimum absolute atomic E-state index is 0.184. The molecule has 2 atom stereocenters. The quantitative estimate of drug-likeness (QED) is 0.407. The molecule has 10 nitrogen and oxygen atoms in total. The smallest absolute Gasteiger partial charge is 0.481 e. The van der Waals surface area contributed by atoms with Crippen LogP contribution in [0.25, 0.3) is 0 Å². The van der Waals surface area contributed by atoms with Gasteiger partial charge in [0.25, 0.3) is 5.91 Å². The summed E-state index contributed by atoms with van der Waals surface area (Å²) in [7, 11) is 0.426. The van der Waals surface area contributed by atoms with Gasteiger partial charge in [-0.25, -0.2) is 9.97 Å². The number of hydrogen-bond acceptors (Lipinski definition) is 8. The van der Waals surface area contributed by atoms with Gasteiger partial charge < -0.3 is 29.8 Å². The van der Waals surface area contributed by atoms with Gasteiger partial charge >= 0.3 is 13.3 Å². The van der Waals surface area contributed by atoms with Gasteiger partial charge in [0.2, 0.25) is 11.7 Å². The maximum absolute atomic E-state index is 13.5. The number of rotatable bonds is 11. The molecule has 0 radical (unpaired) electrons. The van der Waals surface area contributed by atoms with E-state index >= 15 is 0 Å². The average Bonchev–Trinajstić information content (AvgIpc) is 3.08. The molecule has 0 aliphatic carbocycles. The standard InChI is InChI=1S/C25H32BF3N4O6/c1-23(2)24(3,4)39-26(38-23)18(11-12-37-15-9-7-6-8-10-15)32-21(35)17(14-36-5)16-13-31-22(25(27,28)29)33-19(16)20(30)34/h6-10,13,17-18H,11-12,14H2,1-5H3,(H2,30,34)(H,32,35)/t17-,18-/m0/s1. The molecule has 1 aromatic carbocycles. The Balaban J connectivity index is 1.88. The van der Waals surface area contributed by atoms with Crippen LogP contribution < -0.4 is 15.8 Å². The van der Waals surface area contributed by atoms with Gasteiger partial charge in [-0.2, -0.15) is 13.2 Å². The fourth-order valence-corrected chi connectivity index (χ4v) is 3.89. The van der Waals surface area contributed by atoms with Crippen LogP contribution in [-0.2, 0) is 25.0 Å². The van der Waals surface area contributed by atoms with E-state index in [1.807, 2.05) is 45.9 Å². The number of nitrogens with one attached hydrogen (secondary N) is 1. The van der Waals surface area contributed by atoms with E-state index in [4.69, 9.17) is 24.5 Å². The number of alkyl halides is 3. The van der Waals surface area contributed by atoms with Crippen molar-refractivity contribution < 1.29 is 41.5 Å². The number of ether oxygens (including phenoxy) is 2. The third-order valence-corrected chi connectivity index (χ3v) is 6.70. The second kappa shape index (κ2) is 11.9. The number of carbonyl (C=O) groups excluding carboxylic acids is 2. The number of aromatic nitrogens is 2. The SMILES string of the molecule is COC[C@H](C(=O)N[C@@H](CCOc1ccccc1)B1OC(C)(C)C(C)(C)O1)c1cnc(C(F)(F)F)nc1C(N)=O. The Kier molecular flexibility index (Phi) is 9.24. The fourth-order valence-electron chi connectivity index (χ4n) is 3.89. The molecule has 1 aromatic heterocycles. The van der Waals surface area contributed by atoms with E-state index in [-0.39, 0.29) is 25.2 Å². The summed E-state index contributed by atoms with van der Waals surface area (Å²) in [5.74, 6) is -4.85. The van der Waals surface area contributed by atoms with Gasteiger partial charge in [0.15, 0.2) is 0 Å². The highest BCUT2D eigenvalue weighted by Gasteiger charge is 2.54. The van der Waals surface area contributed by atoms with Gasteiger partial charge in [0.05, 0.1) is 36.3 Å². The van der Waals surface area contributed by atoms with E-state index in [0.717, 1.165) is 6.20 Å². The lowest BCUT2D eigenvalue weighted by Crippen LogP contribution is -2.50. The van der Waals surface area contributed by atoms with E-state index in [1.165, 1.54) is 7.11 Å². The first-order chi connectivity index (χ1) is 18.2. The first kappa shape index (κ1) is 30.3. The summed E-state index contributed by atoms with van der Waals surface area (Å²) >= 11 is 0. The molecule has 2 heterocycles. The molecular formula is C25H32BF3N4O6. The third-order valence-electron chi connectivity index (χ3n) is 6.70. The van der Waals surface area contributed by atoms with Crippen LogP contribution in [0.5, 0.6) is 5.75 Å². The molecule has 2 amide bonds. The summed E-state index contributed by atoms with van der Waals surface area (Å²) in [5, 5.41) is 2.84. The number of primary amides is 1. The number of methoxy groups -OCH3 is 1. The molecule has 14 heteroatoms. The summed E-state index contributed by atoms with van der Waals surface area (Å²) in [5.41, 5.74) is 2.98. The minimum atomic E-state index is -4.91. The van der Waals surface area contributed by atoms with Crippen LogP contribution in [0.1, 0.15) is 61.9 Å². The molecule has 0 spiro atoms. The Hall–Kier alpha value is -3.23. The monoisotopic (exact) mass is 552 g/mol. The predicted molar refractivity (Wildman–Crippen MR) is 135 cm³/mol. The van der Waals surface area contributed by atoms with Crippen LogP contribution in [0, 0.1) is 0 Å². The lowest BCUT2D eigenvalue weighted by atomic mass is 9.76. The van der Waals surface area contributed by atoms with Crippen molar-refractivity contribution in [3.63, 3.8) is 0 Å². The Morgan fingerprint density at radius 1 is 1.13 bits per heavy atom. The molecule has 1 aliphatic heterocycles. The van der Waals surface area contributed by atoms with Crippen molar-refractivity contribution in [2.75, 3.05) is 20.3 Å². The van der Waals surface area contributed by atoms with Crippen molar-refractivity contribution in [2.24, 2.45) is 5.73 Å². The summed E-state index contributed by atoms with van der Waals surface area (Å²) in [4.78, 5) is 32.2. The summed E-state index contributed by atoms with van der Waals surface area (Å²) in [6, 6.07) is 9.06. The number of amides is 2. The largest absolute Gasteiger partial charge is 0.494 e. The van der Waals surface area contributed by atoms with E-state index in [2.05, 4.69) is 15.3 Å². The van der Waals surface area contributed by atoms with Crippen molar-refractivity contribution in [3.05, 3.63) is 53.6 Å².